The van der Waals surface area contributed by atoms with E-state index in [1.54, 1.807) is 0 Å². The first-order chi connectivity index (χ1) is 12.7. The molecule has 0 spiro atoms. The molecule has 1 heteroatoms. The zero-order chi connectivity index (χ0) is 17.7. The minimum absolute atomic E-state index is 1.24. The molecule has 26 heavy (non-hydrogen) atoms. The van der Waals surface area contributed by atoms with E-state index in [4.69, 9.17) is 0 Å². The molecular formula is C25H20N+. The average molecular weight is 334 g/mol. The second-order valence-electron chi connectivity index (χ2n) is 7.07. The summed E-state index contributed by atoms with van der Waals surface area (Å²) >= 11 is 0. The average Bonchev–Trinajstić information content (AvgIpc) is 2.66. The smallest absolute Gasteiger partial charge is 0.201 e. The van der Waals surface area contributed by atoms with Crippen molar-refractivity contribution in [2.24, 2.45) is 7.05 Å². The lowest BCUT2D eigenvalue weighted by Gasteiger charge is -2.10. The van der Waals surface area contributed by atoms with Crippen LogP contribution in [0.15, 0.2) is 85.1 Å². The SMILES string of the molecule is Cc1cc2cc3ccc4ccccc4c3cc2cc1-c1cccc[n+]1C. The number of nitrogens with zero attached hydrogens (tertiary/aromatic N) is 1. The van der Waals surface area contributed by atoms with Crippen LogP contribution < -0.4 is 4.57 Å². The highest BCUT2D eigenvalue weighted by molar-refractivity contribution is 6.12. The summed E-state index contributed by atoms with van der Waals surface area (Å²) in [6.07, 6.45) is 2.10. The van der Waals surface area contributed by atoms with Gasteiger partial charge in [-0.1, -0.05) is 42.5 Å². The number of pyridine rings is 1. The van der Waals surface area contributed by atoms with E-state index < -0.39 is 0 Å². The molecule has 1 nitrogen and oxygen atoms in total. The Bertz CT molecular complexity index is 1300. The van der Waals surface area contributed by atoms with Gasteiger partial charge >= 0.3 is 0 Å². The summed E-state index contributed by atoms with van der Waals surface area (Å²) < 4.78 is 2.19. The predicted octanol–water partition coefficient (Wildman–Crippen LogP) is 5.95. The molecule has 0 unspecified atom stereocenters. The molecule has 0 radical (unpaired) electrons. The van der Waals surface area contributed by atoms with Crippen LogP contribution in [0, 0.1) is 6.92 Å². The molecule has 0 aliphatic rings. The molecular weight excluding hydrogens is 314 g/mol. The predicted molar refractivity (Wildman–Crippen MR) is 110 cm³/mol. The Morgan fingerprint density at radius 3 is 2.27 bits per heavy atom. The number of rotatable bonds is 1. The molecule has 0 saturated heterocycles. The second-order valence-corrected chi connectivity index (χ2v) is 7.07. The normalized spacial score (nSPS) is 11.5. The van der Waals surface area contributed by atoms with E-state index in [0.29, 0.717) is 0 Å². The van der Waals surface area contributed by atoms with Gasteiger partial charge in [-0.05, 0) is 69.1 Å². The summed E-state index contributed by atoms with van der Waals surface area (Å²) in [5.74, 6) is 0. The van der Waals surface area contributed by atoms with E-state index in [2.05, 4.69) is 104 Å². The number of fused-ring (bicyclic) bond motifs is 4. The lowest BCUT2D eigenvalue weighted by atomic mass is 9.94. The van der Waals surface area contributed by atoms with Crippen LogP contribution in [0.25, 0.3) is 43.6 Å². The first-order valence-electron chi connectivity index (χ1n) is 9.02. The van der Waals surface area contributed by atoms with Crippen molar-refractivity contribution in [1.82, 2.24) is 0 Å². The highest BCUT2D eigenvalue weighted by atomic mass is 14.9. The van der Waals surface area contributed by atoms with Crippen molar-refractivity contribution in [3.8, 4) is 11.3 Å². The lowest BCUT2D eigenvalue weighted by Crippen LogP contribution is -2.30. The Kier molecular flexibility index (Phi) is 3.29. The highest BCUT2D eigenvalue weighted by Crippen LogP contribution is 2.32. The molecule has 0 N–H and O–H groups in total. The van der Waals surface area contributed by atoms with E-state index in [-0.39, 0.29) is 0 Å². The van der Waals surface area contributed by atoms with Crippen molar-refractivity contribution < 1.29 is 4.57 Å². The van der Waals surface area contributed by atoms with Crippen molar-refractivity contribution in [2.45, 2.75) is 6.92 Å². The Balaban J connectivity index is 1.85. The van der Waals surface area contributed by atoms with Crippen LogP contribution in [0.5, 0.6) is 0 Å². The van der Waals surface area contributed by atoms with Crippen LogP contribution in [0.2, 0.25) is 0 Å². The van der Waals surface area contributed by atoms with Gasteiger partial charge in [-0.15, -0.1) is 0 Å². The van der Waals surface area contributed by atoms with Crippen molar-refractivity contribution >= 4 is 32.3 Å². The van der Waals surface area contributed by atoms with Crippen LogP contribution in [-0.4, -0.2) is 0 Å². The summed E-state index contributed by atoms with van der Waals surface area (Å²) in [6.45, 7) is 2.20. The number of aromatic nitrogens is 1. The Hall–Kier alpha value is -3.19. The molecule has 0 amide bonds. The Labute approximate surface area is 153 Å². The van der Waals surface area contributed by atoms with E-state index in [9.17, 15) is 0 Å². The van der Waals surface area contributed by atoms with Crippen molar-refractivity contribution in [2.75, 3.05) is 0 Å². The monoisotopic (exact) mass is 334 g/mol. The number of hydrogen-bond acceptors (Lipinski definition) is 0. The molecule has 1 heterocycles. The third-order valence-electron chi connectivity index (χ3n) is 5.38. The third kappa shape index (κ3) is 2.28. The highest BCUT2D eigenvalue weighted by Gasteiger charge is 2.13. The van der Waals surface area contributed by atoms with E-state index in [1.807, 2.05) is 0 Å². The van der Waals surface area contributed by atoms with Crippen LogP contribution in [0.1, 0.15) is 5.56 Å². The topological polar surface area (TPSA) is 3.88 Å². The van der Waals surface area contributed by atoms with Crippen LogP contribution in [-0.2, 0) is 7.05 Å². The summed E-state index contributed by atoms with van der Waals surface area (Å²) in [5.41, 5.74) is 3.84. The Morgan fingerprint density at radius 2 is 1.38 bits per heavy atom. The largest absolute Gasteiger partial charge is 0.212 e. The van der Waals surface area contributed by atoms with Crippen molar-refractivity contribution in [3.63, 3.8) is 0 Å². The van der Waals surface area contributed by atoms with Crippen molar-refractivity contribution in [3.05, 3.63) is 90.6 Å². The second kappa shape index (κ2) is 5.67. The lowest BCUT2D eigenvalue weighted by molar-refractivity contribution is -0.660. The molecule has 0 fully saturated rings. The number of hydrogen-bond donors (Lipinski definition) is 0. The number of aryl methyl sites for hydroxylation is 2. The van der Waals surface area contributed by atoms with Gasteiger partial charge in [-0.3, -0.25) is 0 Å². The van der Waals surface area contributed by atoms with E-state index in [0.717, 1.165) is 0 Å². The quantitative estimate of drug-likeness (QED) is 0.203. The molecule has 124 valence electrons. The van der Waals surface area contributed by atoms with Gasteiger partial charge in [-0.25, -0.2) is 4.57 Å². The first kappa shape index (κ1) is 15.1. The maximum absolute atomic E-state index is 2.35. The maximum Gasteiger partial charge on any atom is 0.212 e. The summed E-state index contributed by atoms with van der Waals surface area (Å²) in [4.78, 5) is 0. The van der Waals surface area contributed by atoms with Gasteiger partial charge in [0, 0.05) is 17.7 Å². The minimum Gasteiger partial charge on any atom is -0.201 e. The van der Waals surface area contributed by atoms with Crippen LogP contribution in [0.3, 0.4) is 0 Å². The molecule has 4 aromatic carbocycles. The fraction of sp³-hybridized carbons (Fsp3) is 0.0800. The minimum atomic E-state index is 1.24. The Morgan fingerprint density at radius 1 is 0.615 bits per heavy atom. The zero-order valence-corrected chi connectivity index (χ0v) is 15.0. The van der Waals surface area contributed by atoms with E-state index in [1.165, 1.54) is 49.1 Å². The maximum atomic E-state index is 2.35. The van der Waals surface area contributed by atoms with Crippen molar-refractivity contribution in [1.29, 1.82) is 0 Å². The zero-order valence-electron chi connectivity index (χ0n) is 15.0. The van der Waals surface area contributed by atoms with Gasteiger partial charge < -0.3 is 0 Å². The van der Waals surface area contributed by atoms with Gasteiger partial charge in [0.25, 0.3) is 0 Å². The molecule has 0 saturated carbocycles. The van der Waals surface area contributed by atoms with Crippen LogP contribution in [0.4, 0.5) is 0 Å². The first-order valence-corrected chi connectivity index (χ1v) is 9.02. The fourth-order valence-corrected chi connectivity index (χ4v) is 4.00. The third-order valence-corrected chi connectivity index (χ3v) is 5.38. The molecule has 5 aromatic rings. The molecule has 0 aliphatic heterocycles. The molecule has 5 rings (SSSR count). The molecule has 1 aromatic heterocycles. The van der Waals surface area contributed by atoms with Gasteiger partial charge in [0.05, 0.1) is 0 Å². The molecule has 0 atom stereocenters. The van der Waals surface area contributed by atoms with Gasteiger partial charge in [0.2, 0.25) is 5.69 Å². The summed E-state index contributed by atoms with van der Waals surface area (Å²) in [7, 11) is 2.10. The van der Waals surface area contributed by atoms with E-state index >= 15 is 0 Å². The van der Waals surface area contributed by atoms with Gasteiger partial charge in [0.15, 0.2) is 6.20 Å². The fourth-order valence-electron chi connectivity index (χ4n) is 4.00. The number of benzene rings is 4. The van der Waals surface area contributed by atoms with Crippen LogP contribution >= 0.6 is 0 Å². The summed E-state index contributed by atoms with van der Waals surface area (Å²) in [5, 5.41) is 7.82. The summed E-state index contributed by atoms with van der Waals surface area (Å²) in [6, 6.07) is 28.7. The molecule has 0 bridgehead atoms. The molecule has 0 aliphatic carbocycles. The van der Waals surface area contributed by atoms with Gasteiger partial charge in [-0.2, -0.15) is 0 Å². The van der Waals surface area contributed by atoms with Gasteiger partial charge in [0.1, 0.15) is 7.05 Å². The standard InChI is InChI=1S/C25H20N/c1-17-13-20-14-19-11-10-18-7-3-4-8-22(18)24(19)16-21(20)15-23(17)25-9-5-6-12-26(25)2/h3-16H,1-2H3/q+1.